The van der Waals surface area contributed by atoms with Crippen LogP contribution in [0.4, 0.5) is 5.69 Å². The highest BCUT2D eigenvalue weighted by Crippen LogP contribution is 2.25. The molecule has 0 atom stereocenters. The van der Waals surface area contributed by atoms with E-state index in [4.69, 9.17) is 0 Å². The van der Waals surface area contributed by atoms with Gasteiger partial charge < -0.3 is 5.32 Å². The van der Waals surface area contributed by atoms with E-state index in [9.17, 15) is 8.42 Å². The van der Waals surface area contributed by atoms with Crippen molar-refractivity contribution in [3.05, 3.63) is 53.9 Å². The van der Waals surface area contributed by atoms with Crippen LogP contribution >= 0.6 is 0 Å². The molecule has 2 aromatic rings. The molecular formula is C15H17N3O2S. The molecule has 0 saturated heterocycles. The summed E-state index contributed by atoms with van der Waals surface area (Å²) >= 11 is 0. The molecule has 0 saturated carbocycles. The summed E-state index contributed by atoms with van der Waals surface area (Å²) in [7, 11) is -3.52. The molecule has 6 heteroatoms. The van der Waals surface area contributed by atoms with Crippen molar-refractivity contribution in [2.24, 2.45) is 0 Å². The largest absolute Gasteiger partial charge is 0.385 e. The molecule has 3 rings (SSSR count). The molecule has 21 heavy (non-hydrogen) atoms. The minimum Gasteiger partial charge on any atom is -0.385 e. The van der Waals surface area contributed by atoms with Crippen molar-refractivity contribution in [1.82, 2.24) is 9.71 Å². The minimum atomic E-state index is -3.52. The van der Waals surface area contributed by atoms with Crippen molar-refractivity contribution in [1.29, 1.82) is 0 Å². The molecule has 1 aliphatic heterocycles. The number of nitrogens with one attached hydrogen (secondary N) is 2. The molecule has 0 amide bonds. The first-order valence-electron chi connectivity index (χ1n) is 6.91. The number of hydrogen-bond acceptors (Lipinski definition) is 4. The summed E-state index contributed by atoms with van der Waals surface area (Å²) in [6, 6.07) is 10.7. The number of benzene rings is 1. The number of fused-ring (bicyclic) bond motifs is 1. The van der Waals surface area contributed by atoms with Crippen LogP contribution in [-0.4, -0.2) is 19.9 Å². The molecule has 110 valence electrons. The number of hydrogen-bond donors (Lipinski definition) is 2. The van der Waals surface area contributed by atoms with Gasteiger partial charge in [0.05, 0.1) is 17.1 Å². The van der Waals surface area contributed by atoms with Gasteiger partial charge in [0.2, 0.25) is 10.0 Å². The standard InChI is InChI=1S/C15H17N3O2S/c19-21(20,18-11-13-5-1-2-8-16-13)14-7-6-12-4-3-9-17-15(12)10-14/h1-2,5-8,10,17-18H,3-4,9,11H2. The monoisotopic (exact) mass is 303 g/mol. The van der Waals surface area contributed by atoms with Crippen molar-refractivity contribution >= 4 is 15.7 Å². The van der Waals surface area contributed by atoms with Crippen molar-refractivity contribution in [2.75, 3.05) is 11.9 Å². The summed E-state index contributed by atoms with van der Waals surface area (Å²) in [5.41, 5.74) is 2.78. The highest BCUT2D eigenvalue weighted by Gasteiger charge is 2.17. The Morgan fingerprint density at radius 1 is 1.24 bits per heavy atom. The fourth-order valence-electron chi connectivity index (χ4n) is 2.36. The molecular weight excluding hydrogens is 286 g/mol. The first-order chi connectivity index (χ1) is 10.1. The second kappa shape index (κ2) is 5.83. The van der Waals surface area contributed by atoms with E-state index in [1.165, 1.54) is 5.56 Å². The molecule has 0 aliphatic carbocycles. The van der Waals surface area contributed by atoms with Crippen LogP contribution in [-0.2, 0) is 23.0 Å². The van der Waals surface area contributed by atoms with Crippen LogP contribution in [0.25, 0.3) is 0 Å². The Kier molecular flexibility index (Phi) is 3.90. The maximum absolute atomic E-state index is 12.3. The van der Waals surface area contributed by atoms with Crippen molar-refractivity contribution in [3.8, 4) is 0 Å². The maximum atomic E-state index is 12.3. The third-order valence-corrected chi connectivity index (χ3v) is 4.90. The lowest BCUT2D eigenvalue weighted by atomic mass is 10.0. The third kappa shape index (κ3) is 3.22. The lowest BCUT2D eigenvalue weighted by molar-refractivity contribution is 0.580. The zero-order chi connectivity index (χ0) is 14.7. The molecule has 5 nitrogen and oxygen atoms in total. The second-order valence-electron chi connectivity index (χ2n) is 4.99. The van der Waals surface area contributed by atoms with Gasteiger partial charge in [0, 0.05) is 18.4 Å². The number of rotatable bonds is 4. The predicted octanol–water partition coefficient (Wildman–Crippen LogP) is 1.92. The van der Waals surface area contributed by atoms with Crippen LogP contribution in [0, 0.1) is 0 Å². The molecule has 2 heterocycles. The van der Waals surface area contributed by atoms with Crippen LogP contribution in [0.2, 0.25) is 0 Å². The highest BCUT2D eigenvalue weighted by atomic mass is 32.2. The van der Waals surface area contributed by atoms with E-state index in [0.717, 1.165) is 25.1 Å². The predicted molar refractivity (Wildman–Crippen MR) is 81.5 cm³/mol. The zero-order valence-electron chi connectivity index (χ0n) is 11.5. The topological polar surface area (TPSA) is 71.1 Å². The minimum absolute atomic E-state index is 0.188. The van der Waals surface area contributed by atoms with Gasteiger partial charge in [-0.25, -0.2) is 13.1 Å². The first kappa shape index (κ1) is 14.0. The van der Waals surface area contributed by atoms with Gasteiger partial charge in [0.25, 0.3) is 0 Å². The molecule has 0 bridgehead atoms. The zero-order valence-corrected chi connectivity index (χ0v) is 12.4. The van der Waals surface area contributed by atoms with Crippen LogP contribution < -0.4 is 10.0 Å². The quantitative estimate of drug-likeness (QED) is 0.905. The molecule has 0 unspecified atom stereocenters. The third-order valence-electron chi connectivity index (χ3n) is 3.50. The number of anilines is 1. The maximum Gasteiger partial charge on any atom is 0.240 e. The van der Waals surface area contributed by atoms with E-state index in [2.05, 4.69) is 15.0 Å². The van der Waals surface area contributed by atoms with Gasteiger partial charge in [-0.05, 0) is 42.7 Å². The lowest BCUT2D eigenvalue weighted by Gasteiger charge is -2.18. The van der Waals surface area contributed by atoms with E-state index in [-0.39, 0.29) is 11.4 Å². The van der Waals surface area contributed by atoms with E-state index in [0.29, 0.717) is 5.69 Å². The van der Waals surface area contributed by atoms with Crippen LogP contribution in [0.5, 0.6) is 0 Å². The van der Waals surface area contributed by atoms with Gasteiger partial charge in [0.1, 0.15) is 0 Å². The smallest absolute Gasteiger partial charge is 0.240 e. The SMILES string of the molecule is O=S(=O)(NCc1ccccn1)c1ccc2c(c1)NCCC2. The van der Waals surface area contributed by atoms with Gasteiger partial charge in [-0.1, -0.05) is 12.1 Å². The van der Waals surface area contributed by atoms with Crippen molar-refractivity contribution in [3.63, 3.8) is 0 Å². The number of aryl methyl sites for hydroxylation is 1. The number of sulfonamides is 1. The summed E-state index contributed by atoms with van der Waals surface area (Å²) < 4.78 is 27.2. The number of pyridine rings is 1. The Morgan fingerprint density at radius 3 is 2.95 bits per heavy atom. The van der Waals surface area contributed by atoms with Crippen molar-refractivity contribution in [2.45, 2.75) is 24.3 Å². The van der Waals surface area contributed by atoms with Crippen LogP contribution in [0.15, 0.2) is 47.5 Å². The Balaban J connectivity index is 1.78. The fourth-order valence-corrected chi connectivity index (χ4v) is 3.39. The molecule has 2 N–H and O–H groups in total. The number of aromatic nitrogens is 1. The molecule has 1 aliphatic rings. The summed E-state index contributed by atoms with van der Waals surface area (Å²) in [5.74, 6) is 0. The highest BCUT2D eigenvalue weighted by molar-refractivity contribution is 7.89. The normalized spacial score (nSPS) is 14.3. The Bertz CT molecular complexity index is 730. The molecule has 0 radical (unpaired) electrons. The van der Waals surface area contributed by atoms with Gasteiger partial charge in [0.15, 0.2) is 0 Å². The van der Waals surface area contributed by atoms with Crippen LogP contribution in [0.1, 0.15) is 17.7 Å². The Labute approximate surface area is 124 Å². The van der Waals surface area contributed by atoms with E-state index >= 15 is 0 Å². The molecule has 0 spiro atoms. The Morgan fingerprint density at radius 2 is 2.14 bits per heavy atom. The fraction of sp³-hybridized carbons (Fsp3) is 0.267. The average Bonchev–Trinajstić information content (AvgIpc) is 2.53. The first-order valence-corrected chi connectivity index (χ1v) is 8.40. The second-order valence-corrected chi connectivity index (χ2v) is 6.76. The average molecular weight is 303 g/mol. The summed E-state index contributed by atoms with van der Waals surface area (Å²) in [4.78, 5) is 4.39. The van der Waals surface area contributed by atoms with E-state index in [1.54, 1.807) is 30.5 Å². The molecule has 1 aromatic carbocycles. The van der Waals surface area contributed by atoms with Gasteiger partial charge in [-0.15, -0.1) is 0 Å². The Hall–Kier alpha value is -1.92. The summed E-state index contributed by atoms with van der Waals surface area (Å²) in [5, 5.41) is 3.24. The van der Waals surface area contributed by atoms with Crippen molar-refractivity contribution < 1.29 is 8.42 Å². The van der Waals surface area contributed by atoms with E-state index in [1.807, 2.05) is 12.1 Å². The van der Waals surface area contributed by atoms with Gasteiger partial charge in [-0.2, -0.15) is 0 Å². The number of nitrogens with zero attached hydrogens (tertiary/aromatic N) is 1. The van der Waals surface area contributed by atoms with E-state index < -0.39 is 10.0 Å². The van der Waals surface area contributed by atoms with Gasteiger partial charge in [-0.3, -0.25) is 4.98 Å². The molecule has 1 aromatic heterocycles. The molecule has 0 fully saturated rings. The lowest BCUT2D eigenvalue weighted by Crippen LogP contribution is -2.24. The summed E-state index contributed by atoms with van der Waals surface area (Å²) in [6.45, 7) is 1.07. The van der Waals surface area contributed by atoms with Crippen LogP contribution in [0.3, 0.4) is 0 Å². The summed E-state index contributed by atoms with van der Waals surface area (Å²) in [6.07, 6.45) is 3.72. The van der Waals surface area contributed by atoms with Gasteiger partial charge >= 0.3 is 0 Å².